The lowest BCUT2D eigenvalue weighted by molar-refractivity contribution is 0.0904. The van der Waals surface area contributed by atoms with Gasteiger partial charge in [0.15, 0.2) is 0 Å². The predicted molar refractivity (Wildman–Crippen MR) is 65.7 cm³/mol. The van der Waals surface area contributed by atoms with Gasteiger partial charge in [0, 0.05) is 13.1 Å². The van der Waals surface area contributed by atoms with Crippen molar-refractivity contribution in [3.8, 4) is 0 Å². The van der Waals surface area contributed by atoms with Crippen molar-refractivity contribution in [1.82, 2.24) is 15.1 Å². The molecule has 96 valence electrons. The van der Waals surface area contributed by atoms with Gasteiger partial charge in [0.25, 0.3) is 5.91 Å². The number of hydrogen-bond acceptors (Lipinski definition) is 4. The zero-order valence-corrected chi connectivity index (χ0v) is 10.5. The average Bonchev–Trinajstić information content (AvgIpc) is 2.61. The highest BCUT2D eigenvalue weighted by atomic mass is 16.3. The molecule has 0 aliphatic carbocycles. The van der Waals surface area contributed by atoms with Crippen molar-refractivity contribution in [3.05, 3.63) is 11.4 Å². The molecule has 1 aromatic rings. The van der Waals surface area contributed by atoms with Crippen LogP contribution < -0.4 is 11.1 Å². The predicted octanol–water partition coefficient (Wildman–Crippen LogP) is 0.294. The second-order valence-corrected chi connectivity index (χ2v) is 3.94. The van der Waals surface area contributed by atoms with E-state index in [0.29, 0.717) is 30.0 Å². The van der Waals surface area contributed by atoms with Crippen molar-refractivity contribution < 1.29 is 9.90 Å². The number of rotatable bonds is 5. The van der Waals surface area contributed by atoms with Crippen molar-refractivity contribution in [2.24, 2.45) is 0 Å². The molecule has 1 rings (SSSR count). The number of carbonyl (C=O) groups excluding carboxylic acids is 1. The smallest absolute Gasteiger partial charge is 0.271 e. The molecule has 1 atom stereocenters. The maximum absolute atomic E-state index is 11.9. The topological polar surface area (TPSA) is 93.2 Å². The van der Waals surface area contributed by atoms with Crippen LogP contribution in [0.15, 0.2) is 0 Å². The molecule has 0 aromatic carbocycles. The van der Waals surface area contributed by atoms with E-state index in [1.165, 1.54) is 0 Å². The average molecular weight is 240 g/mol. The van der Waals surface area contributed by atoms with Crippen LogP contribution in [0.3, 0.4) is 0 Å². The minimum Gasteiger partial charge on any atom is -0.395 e. The van der Waals surface area contributed by atoms with E-state index in [-0.39, 0.29) is 12.5 Å². The molecule has 0 spiro atoms. The minimum atomic E-state index is -0.528. The van der Waals surface area contributed by atoms with Gasteiger partial charge in [0.2, 0.25) is 0 Å². The molecule has 0 bridgehead atoms. The Hall–Kier alpha value is -1.56. The van der Waals surface area contributed by atoms with Gasteiger partial charge in [0.05, 0.1) is 17.5 Å². The Balaban J connectivity index is 2.81. The lowest BCUT2D eigenvalue weighted by Crippen LogP contribution is -2.33. The summed E-state index contributed by atoms with van der Waals surface area (Å²) in [5.74, 6) is -0.294. The van der Waals surface area contributed by atoms with Crippen molar-refractivity contribution in [1.29, 1.82) is 0 Å². The molecule has 0 aliphatic rings. The molecular formula is C11H20N4O2. The summed E-state index contributed by atoms with van der Waals surface area (Å²) in [6.45, 7) is 6.31. The van der Waals surface area contributed by atoms with Crippen LogP contribution in [-0.2, 0) is 6.54 Å². The van der Waals surface area contributed by atoms with Gasteiger partial charge < -0.3 is 16.2 Å². The third kappa shape index (κ3) is 2.97. The van der Waals surface area contributed by atoms with E-state index in [1.54, 1.807) is 11.6 Å². The molecule has 0 radical (unpaired) electrons. The number of hydrogen-bond donors (Lipinski definition) is 3. The van der Waals surface area contributed by atoms with Crippen molar-refractivity contribution in [2.75, 3.05) is 12.3 Å². The Morgan fingerprint density at radius 1 is 1.59 bits per heavy atom. The second-order valence-electron chi connectivity index (χ2n) is 3.94. The van der Waals surface area contributed by atoms with E-state index in [0.717, 1.165) is 0 Å². The van der Waals surface area contributed by atoms with Gasteiger partial charge in [0.1, 0.15) is 5.69 Å². The first-order valence-electron chi connectivity index (χ1n) is 5.80. The summed E-state index contributed by atoms with van der Waals surface area (Å²) in [6, 6.07) is 0. The normalized spacial score (nSPS) is 12.5. The van der Waals surface area contributed by atoms with E-state index in [4.69, 9.17) is 5.73 Å². The number of aliphatic hydroxyl groups is 1. The van der Waals surface area contributed by atoms with Crippen molar-refractivity contribution in [2.45, 2.75) is 39.8 Å². The molecule has 17 heavy (non-hydrogen) atoms. The number of nitrogens with one attached hydrogen (secondary N) is 1. The third-order valence-corrected chi connectivity index (χ3v) is 2.66. The summed E-state index contributed by atoms with van der Waals surface area (Å²) in [4.78, 5) is 11.9. The van der Waals surface area contributed by atoms with Crippen molar-refractivity contribution >= 4 is 11.6 Å². The number of nitrogen functional groups attached to an aromatic ring is 1. The molecule has 6 heteroatoms. The van der Waals surface area contributed by atoms with Gasteiger partial charge in [-0.3, -0.25) is 9.48 Å². The summed E-state index contributed by atoms with van der Waals surface area (Å²) < 4.78 is 1.57. The molecule has 0 fully saturated rings. The van der Waals surface area contributed by atoms with Crippen LogP contribution in [0.4, 0.5) is 5.69 Å². The Labute approximate surface area is 101 Å². The largest absolute Gasteiger partial charge is 0.395 e. The molecule has 1 heterocycles. The van der Waals surface area contributed by atoms with Crippen LogP contribution in [0.1, 0.15) is 36.5 Å². The quantitative estimate of drug-likeness (QED) is 0.689. The highest BCUT2D eigenvalue weighted by molar-refractivity contribution is 5.97. The van der Waals surface area contributed by atoms with Gasteiger partial charge in [-0.1, -0.05) is 6.92 Å². The van der Waals surface area contributed by atoms with Crippen LogP contribution in [0.5, 0.6) is 0 Å². The number of aliphatic hydroxyl groups excluding tert-OH is 1. The van der Waals surface area contributed by atoms with Crippen LogP contribution in [0.25, 0.3) is 0 Å². The monoisotopic (exact) mass is 240 g/mol. The van der Waals surface area contributed by atoms with E-state index in [2.05, 4.69) is 10.4 Å². The van der Waals surface area contributed by atoms with Crippen molar-refractivity contribution in [3.63, 3.8) is 0 Å². The van der Waals surface area contributed by atoms with Crippen LogP contribution in [0, 0.1) is 6.92 Å². The van der Waals surface area contributed by atoms with Gasteiger partial charge in [-0.15, -0.1) is 0 Å². The lowest BCUT2D eigenvalue weighted by Gasteiger charge is -2.10. The number of aryl methyl sites for hydroxylation is 2. The summed E-state index contributed by atoms with van der Waals surface area (Å²) in [5.41, 5.74) is 7.23. The Morgan fingerprint density at radius 3 is 2.76 bits per heavy atom. The molecule has 1 aromatic heterocycles. The number of carbonyl (C=O) groups is 1. The van der Waals surface area contributed by atoms with E-state index in [9.17, 15) is 9.90 Å². The summed E-state index contributed by atoms with van der Waals surface area (Å²) >= 11 is 0. The second kappa shape index (κ2) is 5.67. The van der Waals surface area contributed by atoms with E-state index < -0.39 is 6.10 Å². The summed E-state index contributed by atoms with van der Waals surface area (Å²) in [6.07, 6.45) is 0.0706. The van der Waals surface area contributed by atoms with Crippen LogP contribution >= 0.6 is 0 Å². The molecule has 4 N–H and O–H groups in total. The number of nitrogens with two attached hydrogens (primary N) is 1. The fraction of sp³-hybridized carbons (Fsp3) is 0.636. The zero-order valence-electron chi connectivity index (χ0n) is 10.5. The first-order chi connectivity index (χ1) is 8.01. The number of aromatic nitrogens is 2. The lowest BCUT2D eigenvalue weighted by atomic mass is 10.2. The van der Waals surface area contributed by atoms with Crippen LogP contribution in [-0.4, -0.2) is 33.4 Å². The molecule has 6 nitrogen and oxygen atoms in total. The molecular weight excluding hydrogens is 220 g/mol. The molecule has 0 saturated carbocycles. The van der Waals surface area contributed by atoms with E-state index >= 15 is 0 Å². The van der Waals surface area contributed by atoms with E-state index in [1.807, 2.05) is 13.8 Å². The maximum atomic E-state index is 11.9. The standard InChI is InChI=1S/C11H20N4O2/c1-4-8(16)6-13-11(17)10-9(12)7(3)14-15(10)5-2/h8,16H,4-6,12H2,1-3H3,(H,13,17). The maximum Gasteiger partial charge on any atom is 0.271 e. The Bertz CT molecular complexity index is 400. The van der Waals surface area contributed by atoms with Crippen LogP contribution in [0.2, 0.25) is 0 Å². The summed E-state index contributed by atoms with van der Waals surface area (Å²) in [7, 11) is 0. The third-order valence-electron chi connectivity index (χ3n) is 2.66. The minimum absolute atomic E-state index is 0.225. The number of amides is 1. The number of nitrogens with zero attached hydrogens (tertiary/aromatic N) is 2. The van der Waals surface area contributed by atoms with Gasteiger partial charge in [-0.2, -0.15) is 5.10 Å². The first-order valence-corrected chi connectivity index (χ1v) is 5.80. The Morgan fingerprint density at radius 2 is 2.24 bits per heavy atom. The molecule has 0 saturated heterocycles. The highest BCUT2D eigenvalue weighted by Gasteiger charge is 2.19. The SMILES string of the molecule is CCC(O)CNC(=O)c1c(N)c(C)nn1CC. The van der Waals surface area contributed by atoms with Gasteiger partial charge >= 0.3 is 0 Å². The fourth-order valence-corrected chi connectivity index (χ4v) is 1.50. The fourth-order valence-electron chi connectivity index (χ4n) is 1.50. The first kappa shape index (κ1) is 13.5. The zero-order chi connectivity index (χ0) is 13.0. The van der Waals surface area contributed by atoms with Gasteiger partial charge in [-0.25, -0.2) is 0 Å². The molecule has 0 aliphatic heterocycles. The molecule has 1 amide bonds. The van der Waals surface area contributed by atoms with Gasteiger partial charge in [-0.05, 0) is 20.3 Å². The number of anilines is 1. The summed E-state index contributed by atoms with van der Waals surface area (Å²) in [5, 5.41) is 16.2. The highest BCUT2D eigenvalue weighted by Crippen LogP contribution is 2.16. The Kier molecular flexibility index (Phi) is 4.51. The molecule has 1 unspecified atom stereocenters.